The Hall–Kier alpha value is -1.26. The van der Waals surface area contributed by atoms with Gasteiger partial charge >= 0.3 is 0 Å². The molecular weight excluding hydrogens is 267 g/mol. The topological polar surface area (TPSA) is 23.6 Å². The van der Waals surface area contributed by atoms with E-state index in [1.807, 2.05) is 0 Å². The fraction of sp³-hybridized carbons (Fsp3) is 0.588. The predicted molar refractivity (Wildman–Crippen MR) is 81.0 cm³/mol. The highest BCUT2D eigenvalue weighted by Crippen LogP contribution is 2.29. The van der Waals surface area contributed by atoms with Crippen LogP contribution in [0.4, 0.5) is 4.39 Å². The van der Waals surface area contributed by atoms with Gasteiger partial charge in [-0.1, -0.05) is 12.1 Å². The number of nitrogens with zero attached hydrogens (tertiary/aromatic N) is 2. The second kappa shape index (κ2) is 6.67. The lowest BCUT2D eigenvalue weighted by atomic mass is 10.1. The zero-order valence-corrected chi connectivity index (χ0v) is 12.4. The average Bonchev–Trinajstić information content (AvgIpc) is 3.30. The predicted octanol–water partition coefficient (Wildman–Crippen LogP) is 2.43. The summed E-state index contributed by atoms with van der Waals surface area (Å²) < 4.78 is 13.1. The minimum absolute atomic E-state index is 0.0370. The van der Waals surface area contributed by atoms with Gasteiger partial charge in [-0.3, -0.25) is 4.79 Å². The van der Waals surface area contributed by atoms with E-state index in [-0.39, 0.29) is 11.6 Å². The largest absolute Gasteiger partial charge is 0.301 e. The first-order valence-electron chi connectivity index (χ1n) is 7.94. The number of halogens is 1. The molecule has 3 nitrogen and oxygen atoms in total. The van der Waals surface area contributed by atoms with E-state index in [4.69, 9.17) is 0 Å². The van der Waals surface area contributed by atoms with Crippen molar-refractivity contribution in [3.8, 4) is 0 Å². The van der Waals surface area contributed by atoms with Crippen LogP contribution in [-0.2, 0) is 0 Å². The van der Waals surface area contributed by atoms with Gasteiger partial charge in [-0.2, -0.15) is 0 Å². The molecule has 0 aromatic heterocycles. The van der Waals surface area contributed by atoms with Crippen LogP contribution >= 0.6 is 0 Å². The van der Waals surface area contributed by atoms with E-state index in [0.717, 1.165) is 38.6 Å². The number of piperazine rings is 1. The van der Waals surface area contributed by atoms with Crippen molar-refractivity contribution < 1.29 is 9.18 Å². The summed E-state index contributed by atoms with van der Waals surface area (Å²) in [5, 5.41) is 0. The summed E-state index contributed by atoms with van der Waals surface area (Å²) in [6.45, 7) is 6.37. The molecule has 0 N–H and O–H groups in total. The Balaban J connectivity index is 1.40. The Bertz CT molecular complexity index is 493. The van der Waals surface area contributed by atoms with Crippen LogP contribution in [0.1, 0.15) is 29.6 Å². The quantitative estimate of drug-likeness (QED) is 0.752. The van der Waals surface area contributed by atoms with Crippen LogP contribution in [0.15, 0.2) is 24.3 Å². The van der Waals surface area contributed by atoms with Crippen molar-refractivity contribution in [3.05, 3.63) is 35.6 Å². The summed E-state index contributed by atoms with van der Waals surface area (Å²) in [4.78, 5) is 16.9. The zero-order valence-electron chi connectivity index (χ0n) is 12.4. The molecule has 0 radical (unpaired) electrons. The number of carbonyl (C=O) groups excluding carboxylic acids is 1. The van der Waals surface area contributed by atoms with Crippen LogP contribution < -0.4 is 0 Å². The first-order valence-corrected chi connectivity index (χ1v) is 7.94. The third-order valence-electron chi connectivity index (χ3n) is 4.48. The molecule has 1 aliphatic heterocycles. The van der Waals surface area contributed by atoms with Crippen molar-refractivity contribution in [2.24, 2.45) is 5.92 Å². The molecule has 1 aromatic rings. The third kappa shape index (κ3) is 4.35. The normalized spacial score (nSPS) is 20.6. The van der Waals surface area contributed by atoms with E-state index in [0.29, 0.717) is 12.0 Å². The van der Waals surface area contributed by atoms with Crippen molar-refractivity contribution in [2.45, 2.75) is 19.3 Å². The van der Waals surface area contributed by atoms with Crippen LogP contribution in [0.25, 0.3) is 0 Å². The van der Waals surface area contributed by atoms with Gasteiger partial charge in [-0.25, -0.2) is 4.39 Å². The Morgan fingerprint density at radius 3 is 2.52 bits per heavy atom. The molecule has 1 heterocycles. The standard InChI is InChI=1S/C17H23FN2O/c18-16-3-1-2-15(12-16)17(21)6-7-19-8-10-20(11-9-19)13-14-4-5-14/h1-3,12,14H,4-11,13H2. The number of carbonyl (C=O) groups is 1. The van der Waals surface area contributed by atoms with E-state index < -0.39 is 0 Å². The van der Waals surface area contributed by atoms with Crippen molar-refractivity contribution in [2.75, 3.05) is 39.3 Å². The Kier molecular flexibility index (Phi) is 4.66. The molecule has 2 fully saturated rings. The Labute approximate surface area is 125 Å². The average molecular weight is 290 g/mol. The summed E-state index contributed by atoms with van der Waals surface area (Å²) in [6, 6.07) is 5.99. The number of rotatable bonds is 6. The number of Topliss-reactive ketones (excluding diaryl/α,β-unsaturated/α-hetero) is 1. The van der Waals surface area contributed by atoms with Crippen molar-refractivity contribution in [3.63, 3.8) is 0 Å². The number of hydrogen-bond acceptors (Lipinski definition) is 3. The first kappa shape index (κ1) is 14.7. The van der Waals surface area contributed by atoms with Gasteiger partial charge in [0.25, 0.3) is 0 Å². The maximum atomic E-state index is 13.1. The third-order valence-corrected chi connectivity index (χ3v) is 4.48. The molecule has 1 aromatic carbocycles. The SMILES string of the molecule is O=C(CCN1CCN(CC2CC2)CC1)c1cccc(F)c1. The zero-order chi connectivity index (χ0) is 14.7. The molecule has 1 saturated carbocycles. The van der Waals surface area contributed by atoms with E-state index in [1.54, 1.807) is 12.1 Å². The van der Waals surface area contributed by atoms with Gasteiger partial charge in [-0.15, -0.1) is 0 Å². The molecule has 3 rings (SSSR count). The summed E-state index contributed by atoms with van der Waals surface area (Å²) in [5.41, 5.74) is 0.488. The lowest BCUT2D eigenvalue weighted by Crippen LogP contribution is -2.47. The molecule has 1 saturated heterocycles. The van der Waals surface area contributed by atoms with Crippen LogP contribution in [0.5, 0.6) is 0 Å². The number of benzene rings is 1. The van der Waals surface area contributed by atoms with E-state index >= 15 is 0 Å². The van der Waals surface area contributed by atoms with Crippen molar-refractivity contribution in [1.29, 1.82) is 0 Å². The van der Waals surface area contributed by atoms with Gasteiger partial charge in [0, 0.05) is 51.3 Å². The van der Waals surface area contributed by atoms with Crippen LogP contribution in [0.3, 0.4) is 0 Å². The lowest BCUT2D eigenvalue weighted by Gasteiger charge is -2.34. The van der Waals surface area contributed by atoms with E-state index in [1.165, 1.54) is 31.5 Å². The second-order valence-electron chi connectivity index (χ2n) is 6.27. The van der Waals surface area contributed by atoms with Crippen LogP contribution in [0.2, 0.25) is 0 Å². The van der Waals surface area contributed by atoms with Gasteiger partial charge in [0.1, 0.15) is 5.82 Å². The van der Waals surface area contributed by atoms with E-state index in [2.05, 4.69) is 9.80 Å². The minimum Gasteiger partial charge on any atom is -0.301 e. The fourth-order valence-electron chi connectivity index (χ4n) is 2.93. The monoisotopic (exact) mass is 290 g/mol. The molecule has 0 spiro atoms. The molecule has 4 heteroatoms. The highest BCUT2D eigenvalue weighted by Gasteiger charge is 2.26. The van der Waals surface area contributed by atoms with Gasteiger partial charge in [-0.05, 0) is 30.9 Å². The minimum atomic E-state index is -0.338. The molecule has 0 unspecified atom stereocenters. The highest BCUT2D eigenvalue weighted by molar-refractivity contribution is 5.96. The molecule has 2 aliphatic rings. The fourth-order valence-corrected chi connectivity index (χ4v) is 2.93. The lowest BCUT2D eigenvalue weighted by molar-refractivity contribution is 0.0924. The van der Waals surface area contributed by atoms with Crippen LogP contribution in [-0.4, -0.2) is 54.9 Å². The van der Waals surface area contributed by atoms with Crippen LogP contribution in [0, 0.1) is 11.7 Å². The summed E-state index contributed by atoms with van der Waals surface area (Å²) >= 11 is 0. The second-order valence-corrected chi connectivity index (χ2v) is 6.27. The molecule has 21 heavy (non-hydrogen) atoms. The molecular formula is C17H23FN2O. The van der Waals surface area contributed by atoms with Gasteiger partial charge in [0.05, 0.1) is 0 Å². The van der Waals surface area contributed by atoms with Crippen molar-refractivity contribution in [1.82, 2.24) is 9.80 Å². The maximum Gasteiger partial charge on any atom is 0.164 e. The van der Waals surface area contributed by atoms with Crippen molar-refractivity contribution >= 4 is 5.78 Å². The maximum absolute atomic E-state index is 13.1. The van der Waals surface area contributed by atoms with Gasteiger partial charge < -0.3 is 9.80 Å². The molecule has 1 aliphatic carbocycles. The van der Waals surface area contributed by atoms with E-state index in [9.17, 15) is 9.18 Å². The number of hydrogen-bond donors (Lipinski definition) is 0. The first-order chi connectivity index (χ1) is 10.2. The smallest absolute Gasteiger partial charge is 0.164 e. The van der Waals surface area contributed by atoms with Gasteiger partial charge in [0.15, 0.2) is 5.78 Å². The number of ketones is 1. The molecule has 0 atom stereocenters. The summed E-state index contributed by atoms with van der Waals surface area (Å²) in [5.74, 6) is 0.649. The highest BCUT2D eigenvalue weighted by atomic mass is 19.1. The summed E-state index contributed by atoms with van der Waals surface area (Å²) in [6.07, 6.45) is 3.29. The molecule has 0 amide bonds. The molecule has 0 bridgehead atoms. The Morgan fingerprint density at radius 1 is 1.14 bits per heavy atom. The molecule has 114 valence electrons. The summed E-state index contributed by atoms with van der Waals surface area (Å²) in [7, 11) is 0. The Morgan fingerprint density at radius 2 is 1.86 bits per heavy atom. The van der Waals surface area contributed by atoms with Gasteiger partial charge in [0.2, 0.25) is 0 Å².